The van der Waals surface area contributed by atoms with Crippen LogP contribution in [0.4, 0.5) is 4.79 Å². The predicted octanol–water partition coefficient (Wildman–Crippen LogP) is 1.68. The Morgan fingerprint density at radius 1 is 1.75 bits per heavy atom. The van der Waals surface area contributed by atoms with Crippen LogP contribution in [0.1, 0.15) is 30.8 Å². The maximum absolute atomic E-state index is 11.6. The van der Waals surface area contributed by atoms with Crippen LogP contribution in [-0.4, -0.2) is 29.3 Å². The fourth-order valence-electron chi connectivity index (χ4n) is 1.83. The fourth-order valence-corrected chi connectivity index (χ4v) is 1.83. The first-order valence-electron chi connectivity index (χ1n) is 5.38. The van der Waals surface area contributed by atoms with Gasteiger partial charge in [-0.05, 0) is 19.4 Å². The van der Waals surface area contributed by atoms with E-state index in [-0.39, 0.29) is 6.09 Å². The molecule has 0 aliphatic carbocycles. The molecule has 88 valence electrons. The quantitative estimate of drug-likeness (QED) is 0.789. The van der Waals surface area contributed by atoms with Crippen molar-refractivity contribution in [2.24, 2.45) is 0 Å². The van der Waals surface area contributed by atoms with Crippen molar-refractivity contribution >= 4 is 6.09 Å². The van der Waals surface area contributed by atoms with Gasteiger partial charge >= 0.3 is 6.09 Å². The first-order chi connectivity index (χ1) is 7.72. The van der Waals surface area contributed by atoms with E-state index in [0.717, 1.165) is 5.56 Å². The highest BCUT2D eigenvalue weighted by Gasteiger charge is 2.26. The first kappa shape index (κ1) is 11.0. The third-order valence-corrected chi connectivity index (χ3v) is 2.67. The molecule has 0 fully saturated rings. The van der Waals surface area contributed by atoms with Crippen LogP contribution in [0, 0.1) is 0 Å². The summed E-state index contributed by atoms with van der Waals surface area (Å²) in [6, 6.07) is 1.74. The molecule has 0 aromatic carbocycles. The van der Waals surface area contributed by atoms with Gasteiger partial charge in [0, 0.05) is 12.1 Å². The second-order valence-electron chi connectivity index (χ2n) is 3.72. The van der Waals surface area contributed by atoms with E-state index >= 15 is 0 Å². The van der Waals surface area contributed by atoms with Crippen LogP contribution in [0.2, 0.25) is 0 Å². The fraction of sp³-hybridized carbons (Fsp3) is 0.545. The van der Waals surface area contributed by atoms with Crippen molar-refractivity contribution in [3.05, 3.63) is 23.7 Å². The van der Waals surface area contributed by atoms with Crippen LogP contribution in [0.3, 0.4) is 0 Å². The molecule has 1 aliphatic rings. The summed E-state index contributed by atoms with van der Waals surface area (Å²) >= 11 is 0. The molecule has 0 spiro atoms. The molecule has 5 heteroatoms. The molecular weight excluding hydrogens is 210 g/mol. The minimum absolute atomic E-state index is 0.350. The van der Waals surface area contributed by atoms with Gasteiger partial charge < -0.3 is 19.2 Å². The summed E-state index contributed by atoms with van der Waals surface area (Å²) in [7, 11) is 0. The highest BCUT2D eigenvalue weighted by molar-refractivity contribution is 5.67. The number of nitrogens with zero attached hydrogens (tertiary/aromatic N) is 1. The molecule has 0 saturated heterocycles. The second-order valence-corrected chi connectivity index (χ2v) is 3.72. The van der Waals surface area contributed by atoms with Crippen molar-refractivity contribution in [2.45, 2.75) is 26.0 Å². The van der Waals surface area contributed by atoms with Crippen molar-refractivity contribution in [1.82, 2.24) is 4.90 Å². The molecule has 1 atom stereocenters. The average Bonchev–Trinajstić information content (AvgIpc) is 2.66. The summed E-state index contributed by atoms with van der Waals surface area (Å²) in [5.74, 6) is 0.637. The highest BCUT2D eigenvalue weighted by atomic mass is 16.6. The van der Waals surface area contributed by atoms with Gasteiger partial charge in [0.2, 0.25) is 0 Å². The number of hydrogen-bond donors (Lipinski definition) is 1. The maximum Gasteiger partial charge on any atom is 0.410 e. The molecule has 1 aliphatic heterocycles. The van der Waals surface area contributed by atoms with Crippen LogP contribution >= 0.6 is 0 Å². The van der Waals surface area contributed by atoms with Gasteiger partial charge in [-0.3, -0.25) is 0 Å². The van der Waals surface area contributed by atoms with E-state index in [1.54, 1.807) is 17.9 Å². The van der Waals surface area contributed by atoms with Gasteiger partial charge in [-0.1, -0.05) is 0 Å². The number of rotatable bonds is 1. The Kier molecular flexibility index (Phi) is 3.14. The molecule has 1 N–H and O–H groups in total. The topological polar surface area (TPSA) is 62.9 Å². The number of hydrogen-bond acceptors (Lipinski definition) is 4. The third-order valence-electron chi connectivity index (χ3n) is 2.67. The summed E-state index contributed by atoms with van der Waals surface area (Å²) < 4.78 is 10.2. The number of furan rings is 1. The SMILES string of the molecule is CCOC(=O)N1CCC(O)c2ccoc2C1. The van der Waals surface area contributed by atoms with E-state index in [4.69, 9.17) is 9.15 Å². The van der Waals surface area contributed by atoms with Crippen molar-refractivity contribution in [3.8, 4) is 0 Å². The lowest BCUT2D eigenvalue weighted by Crippen LogP contribution is -2.31. The second kappa shape index (κ2) is 4.57. The van der Waals surface area contributed by atoms with Gasteiger partial charge in [0.05, 0.1) is 25.5 Å². The minimum Gasteiger partial charge on any atom is -0.467 e. The first-order valence-corrected chi connectivity index (χ1v) is 5.38. The molecule has 0 bridgehead atoms. The lowest BCUT2D eigenvalue weighted by Gasteiger charge is -2.18. The lowest BCUT2D eigenvalue weighted by atomic mass is 10.1. The monoisotopic (exact) mass is 225 g/mol. The molecule has 1 aromatic heterocycles. The largest absolute Gasteiger partial charge is 0.467 e. The van der Waals surface area contributed by atoms with Crippen LogP contribution < -0.4 is 0 Å². The summed E-state index contributed by atoms with van der Waals surface area (Å²) in [6.07, 6.45) is 1.11. The van der Waals surface area contributed by atoms with E-state index in [1.807, 2.05) is 0 Å². The normalized spacial score (nSPS) is 20.1. The van der Waals surface area contributed by atoms with Crippen LogP contribution in [-0.2, 0) is 11.3 Å². The smallest absolute Gasteiger partial charge is 0.410 e. The van der Waals surface area contributed by atoms with E-state index < -0.39 is 6.10 Å². The lowest BCUT2D eigenvalue weighted by molar-refractivity contribution is 0.0961. The number of amides is 1. The maximum atomic E-state index is 11.6. The standard InChI is InChI=1S/C11H15NO4/c1-2-15-11(14)12-5-3-9(13)8-4-6-16-10(8)7-12/h4,6,9,13H,2-3,5,7H2,1H3. The molecule has 2 rings (SSSR count). The summed E-state index contributed by atoms with van der Waals surface area (Å²) in [5.41, 5.74) is 0.770. The number of aliphatic hydroxyl groups excluding tert-OH is 1. The zero-order valence-electron chi connectivity index (χ0n) is 9.18. The molecule has 2 heterocycles. The Balaban J connectivity index is 2.14. The van der Waals surface area contributed by atoms with Crippen molar-refractivity contribution in [2.75, 3.05) is 13.2 Å². The van der Waals surface area contributed by atoms with E-state index in [9.17, 15) is 9.90 Å². The Morgan fingerprint density at radius 2 is 2.56 bits per heavy atom. The molecule has 16 heavy (non-hydrogen) atoms. The zero-order valence-corrected chi connectivity index (χ0v) is 9.18. The Hall–Kier alpha value is -1.49. The van der Waals surface area contributed by atoms with Gasteiger partial charge in [-0.25, -0.2) is 4.79 Å². The van der Waals surface area contributed by atoms with Gasteiger partial charge in [0.15, 0.2) is 0 Å². The Bertz CT molecular complexity index is 374. The average molecular weight is 225 g/mol. The van der Waals surface area contributed by atoms with Gasteiger partial charge in [0.25, 0.3) is 0 Å². The zero-order chi connectivity index (χ0) is 11.5. The van der Waals surface area contributed by atoms with E-state index in [1.165, 1.54) is 6.26 Å². The number of ether oxygens (including phenoxy) is 1. The van der Waals surface area contributed by atoms with E-state index in [0.29, 0.717) is 31.9 Å². The molecule has 1 aromatic rings. The van der Waals surface area contributed by atoms with E-state index in [2.05, 4.69) is 0 Å². The van der Waals surface area contributed by atoms with Crippen molar-refractivity contribution in [3.63, 3.8) is 0 Å². The van der Waals surface area contributed by atoms with Crippen LogP contribution in [0.25, 0.3) is 0 Å². The van der Waals surface area contributed by atoms with Gasteiger partial charge in [-0.2, -0.15) is 0 Å². The summed E-state index contributed by atoms with van der Waals surface area (Å²) in [5, 5.41) is 9.82. The van der Waals surface area contributed by atoms with Gasteiger partial charge in [0.1, 0.15) is 5.76 Å². The van der Waals surface area contributed by atoms with Crippen LogP contribution in [0.15, 0.2) is 16.7 Å². The van der Waals surface area contributed by atoms with Crippen LogP contribution in [0.5, 0.6) is 0 Å². The highest BCUT2D eigenvalue weighted by Crippen LogP contribution is 2.27. The summed E-state index contributed by atoms with van der Waals surface area (Å²) in [6.45, 7) is 2.95. The molecule has 0 radical (unpaired) electrons. The molecule has 5 nitrogen and oxygen atoms in total. The minimum atomic E-state index is -0.562. The van der Waals surface area contributed by atoms with Crippen molar-refractivity contribution in [1.29, 1.82) is 0 Å². The van der Waals surface area contributed by atoms with Crippen molar-refractivity contribution < 1.29 is 19.1 Å². The third kappa shape index (κ3) is 2.04. The van der Waals surface area contributed by atoms with Gasteiger partial charge in [-0.15, -0.1) is 0 Å². The Morgan fingerprint density at radius 3 is 3.31 bits per heavy atom. The number of fused-ring (bicyclic) bond motifs is 1. The molecule has 0 saturated carbocycles. The molecule has 1 unspecified atom stereocenters. The number of aliphatic hydroxyl groups is 1. The molecular formula is C11H15NO4. The number of carbonyl (C=O) groups excluding carboxylic acids is 1. The molecule has 1 amide bonds. The predicted molar refractivity (Wildman–Crippen MR) is 55.7 cm³/mol. The Labute approximate surface area is 93.6 Å². The number of carbonyl (C=O) groups is 1. The summed E-state index contributed by atoms with van der Waals surface area (Å²) in [4.78, 5) is 13.1.